The highest BCUT2D eigenvalue weighted by molar-refractivity contribution is 9.11. The summed E-state index contributed by atoms with van der Waals surface area (Å²) in [6.45, 7) is 0.795. The first-order valence-electron chi connectivity index (χ1n) is 5.97. The highest BCUT2D eigenvalue weighted by atomic mass is 79.9. The molecule has 1 aromatic carbocycles. The Morgan fingerprint density at radius 3 is 2.44 bits per heavy atom. The lowest BCUT2D eigenvalue weighted by Gasteiger charge is -2.21. The van der Waals surface area contributed by atoms with Crippen molar-refractivity contribution in [2.24, 2.45) is 5.92 Å². The van der Waals surface area contributed by atoms with E-state index in [1.165, 1.54) is 24.3 Å². The number of benzene rings is 1. The normalized spacial score (nSPS) is 16.6. The summed E-state index contributed by atoms with van der Waals surface area (Å²) in [6.07, 6.45) is 2.43. The summed E-state index contributed by atoms with van der Waals surface area (Å²) in [5.74, 6) is 3.10. The van der Waals surface area contributed by atoms with Gasteiger partial charge < -0.3 is 5.32 Å². The largest absolute Gasteiger partial charge is 0.352 e. The summed E-state index contributed by atoms with van der Waals surface area (Å²) in [4.78, 5) is 12.0. The maximum absolute atomic E-state index is 12.0. The van der Waals surface area contributed by atoms with E-state index in [4.69, 9.17) is 0 Å². The van der Waals surface area contributed by atoms with E-state index in [1.807, 2.05) is 30.0 Å². The van der Waals surface area contributed by atoms with Crippen LogP contribution < -0.4 is 5.32 Å². The van der Waals surface area contributed by atoms with Crippen molar-refractivity contribution in [3.8, 4) is 0 Å². The molecule has 0 unspecified atom stereocenters. The van der Waals surface area contributed by atoms with Gasteiger partial charge in [-0.15, -0.1) is 0 Å². The second-order valence-corrected chi connectivity index (χ2v) is 7.48. The minimum Gasteiger partial charge on any atom is -0.352 e. The Bertz CT molecular complexity index is 413. The molecular weight excluding hydrogens is 378 g/mol. The number of carbonyl (C=O) groups excluding carboxylic acids is 1. The third-order valence-corrected chi connectivity index (χ3v) is 4.98. The third-order valence-electron chi connectivity index (χ3n) is 3.02. The van der Waals surface area contributed by atoms with Gasteiger partial charge in [0.1, 0.15) is 0 Å². The van der Waals surface area contributed by atoms with Gasteiger partial charge in [0.25, 0.3) is 5.91 Å². The highest BCUT2D eigenvalue weighted by Gasteiger charge is 2.15. The van der Waals surface area contributed by atoms with Crippen molar-refractivity contribution in [3.05, 3.63) is 32.7 Å². The summed E-state index contributed by atoms with van der Waals surface area (Å²) in [5, 5.41) is 3.03. The summed E-state index contributed by atoms with van der Waals surface area (Å²) in [5.41, 5.74) is 0.696. The topological polar surface area (TPSA) is 29.1 Å². The summed E-state index contributed by atoms with van der Waals surface area (Å²) in [6, 6.07) is 5.61. The first-order valence-corrected chi connectivity index (χ1v) is 8.71. The van der Waals surface area contributed by atoms with Crippen LogP contribution in [-0.2, 0) is 0 Å². The van der Waals surface area contributed by atoms with Gasteiger partial charge in [0.15, 0.2) is 0 Å². The number of thioether (sulfide) groups is 1. The first-order chi connectivity index (χ1) is 8.65. The fraction of sp³-hybridized carbons (Fsp3) is 0.462. The molecule has 1 heterocycles. The quantitative estimate of drug-likeness (QED) is 0.839. The molecule has 1 aliphatic heterocycles. The van der Waals surface area contributed by atoms with Crippen LogP contribution in [0.5, 0.6) is 0 Å². The van der Waals surface area contributed by atoms with Gasteiger partial charge >= 0.3 is 0 Å². The molecule has 2 rings (SSSR count). The van der Waals surface area contributed by atoms with E-state index < -0.39 is 0 Å². The van der Waals surface area contributed by atoms with Crippen molar-refractivity contribution in [2.45, 2.75) is 12.8 Å². The lowest BCUT2D eigenvalue weighted by Crippen LogP contribution is -2.30. The minimum absolute atomic E-state index is 0.00947. The van der Waals surface area contributed by atoms with Crippen molar-refractivity contribution >= 4 is 49.5 Å². The number of rotatable bonds is 3. The van der Waals surface area contributed by atoms with Crippen molar-refractivity contribution in [1.29, 1.82) is 0 Å². The van der Waals surface area contributed by atoms with Crippen LogP contribution in [-0.4, -0.2) is 24.0 Å². The van der Waals surface area contributed by atoms with Crippen LogP contribution in [0.2, 0.25) is 0 Å². The zero-order chi connectivity index (χ0) is 13.0. The van der Waals surface area contributed by atoms with E-state index in [1.54, 1.807) is 0 Å². The first kappa shape index (κ1) is 14.4. The van der Waals surface area contributed by atoms with Gasteiger partial charge in [-0.25, -0.2) is 0 Å². The number of hydrogen-bond donors (Lipinski definition) is 1. The second-order valence-electron chi connectivity index (χ2n) is 4.42. The van der Waals surface area contributed by atoms with E-state index in [2.05, 4.69) is 37.2 Å². The van der Waals surface area contributed by atoms with Crippen molar-refractivity contribution in [2.75, 3.05) is 18.1 Å². The van der Waals surface area contributed by atoms with Crippen LogP contribution in [0.25, 0.3) is 0 Å². The molecule has 1 aliphatic rings. The molecule has 0 aliphatic carbocycles. The average molecular weight is 393 g/mol. The summed E-state index contributed by atoms with van der Waals surface area (Å²) < 4.78 is 1.83. The van der Waals surface area contributed by atoms with Gasteiger partial charge in [-0.1, -0.05) is 31.9 Å². The number of amides is 1. The predicted octanol–water partition coefficient (Wildman–Crippen LogP) is 4.08. The molecule has 1 saturated heterocycles. The van der Waals surface area contributed by atoms with Crippen molar-refractivity contribution in [3.63, 3.8) is 0 Å². The molecule has 0 atom stereocenters. The van der Waals surface area contributed by atoms with Crippen LogP contribution in [0.4, 0.5) is 0 Å². The Morgan fingerprint density at radius 1 is 1.22 bits per heavy atom. The SMILES string of the molecule is O=C(NCC1CCSCC1)c1cc(Br)cc(Br)c1. The molecule has 1 N–H and O–H groups in total. The molecule has 0 saturated carbocycles. The maximum atomic E-state index is 12.0. The fourth-order valence-corrected chi connectivity index (χ4v) is 4.47. The molecule has 1 fully saturated rings. The van der Waals surface area contributed by atoms with E-state index in [9.17, 15) is 4.79 Å². The summed E-state index contributed by atoms with van der Waals surface area (Å²) >= 11 is 8.80. The Labute approximate surface area is 129 Å². The van der Waals surface area contributed by atoms with Gasteiger partial charge in [-0.3, -0.25) is 4.79 Å². The zero-order valence-corrected chi connectivity index (χ0v) is 13.9. The monoisotopic (exact) mass is 391 g/mol. The molecule has 1 amide bonds. The van der Waals surface area contributed by atoms with Crippen LogP contribution in [0.1, 0.15) is 23.2 Å². The van der Waals surface area contributed by atoms with Gasteiger partial charge in [-0.05, 0) is 48.5 Å². The minimum atomic E-state index is 0.00947. The number of hydrogen-bond acceptors (Lipinski definition) is 2. The molecule has 2 nitrogen and oxygen atoms in total. The van der Waals surface area contributed by atoms with E-state index in [0.29, 0.717) is 11.5 Å². The number of nitrogens with one attached hydrogen (secondary N) is 1. The number of carbonyl (C=O) groups is 1. The number of halogens is 2. The van der Waals surface area contributed by atoms with E-state index in [-0.39, 0.29) is 5.91 Å². The molecule has 18 heavy (non-hydrogen) atoms. The smallest absolute Gasteiger partial charge is 0.251 e. The van der Waals surface area contributed by atoms with Gasteiger partial charge in [0, 0.05) is 21.1 Å². The Balaban J connectivity index is 1.90. The average Bonchev–Trinajstić information content (AvgIpc) is 2.36. The molecular formula is C13H15Br2NOS. The Kier molecular flexibility index (Phi) is 5.57. The molecule has 0 aromatic heterocycles. The molecule has 98 valence electrons. The zero-order valence-electron chi connectivity index (χ0n) is 9.92. The summed E-state index contributed by atoms with van der Waals surface area (Å²) in [7, 11) is 0. The second kappa shape index (κ2) is 6.96. The molecule has 1 aromatic rings. The lowest BCUT2D eigenvalue weighted by molar-refractivity contribution is 0.0946. The molecule has 0 bridgehead atoms. The van der Waals surface area contributed by atoms with Crippen LogP contribution >= 0.6 is 43.6 Å². The highest BCUT2D eigenvalue weighted by Crippen LogP contribution is 2.23. The third kappa shape index (κ3) is 4.28. The van der Waals surface area contributed by atoms with Crippen molar-refractivity contribution < 1.29 is 4.79 Å². The predicted molar refractivity (Wildman–Crippen MR) is 84.2 cm³/mol. The maximum Gasteiger partial charge on any atom is 0.251 e. The standard InChI is InChI=1S/C13H15Br2NOS/c14-11-5-10(6-12(15)7-11)13(17)16-8-9-1-3-18-4-2-9/h5-7,9H,1-4,8H2,(H,16,17). The van der Waals surface area contributed by atoms with Gasteiger partial charge in [-0.2, -0.15) is 11.8 Å². The molecule has 5 heteroatoms. The van der Waals surface area contributed by atoms with Crippen LogP contribution in [0.3, 0.4) is 0 Å². The fourth-order valence-electron chi connectivity index (χ4n) is 1.97. The molecule has 0 spiro atoms. The Morgan fingerprint density at radius 2 is 1.83 bits per heavy atom. The molecule has 0 radical (unpaired) electrons. The van der Waals surface area contributed by atoms with Crippen molar-refractivity contribution in [1.82, 2.24) is 5.32 Å². The van der Waals surface area contributed by atoms with Gasteiger partial charge in [0.05, 0.1) is 0 Å². The van der Waals surface area contributed by atoms with Gasteiger partial charge in [0.2, 0.25) is 0 Å². The lowest BCUT2D eigenvalue weighted by atomic mass is 10.0. The van der Waals surface area contributed by atoms with Crippen LogP contribution in [0.15, 0.2) is 27.1 Å². The Hall–Kier alpha value is -0.000000000000000111. The van der Waals surface area contributed by atoms with E-state index >= 15 is 0 Å². The van der Waals surface area contributed by atoms with E-state index in [0.717, 1.165) is 15.5 Å². The van der Waals surface area contributed by atoms with Crippen LogP contribution in [0, 0.1) is 5.92 Å².